The van der Waals surface area contributed by atoms with E-state index in [4.69, 9.17) is 9.72 Å². The number of halogens is 1. The standard InChI is InChI=1S/C26H25FNO5P/c1-5-21-24(33-25(30)26(6-2,17(4)29)34(31)32)22(18-12-14-20(27)15-13-18)16(3)23(28-21)19-10-8-7-9-11-19/h6-15,17,29H,2,5H2,1,3-4H3/p+1. The third-order valence-electron chi connectivity index (χ3n) is 5.77. The van der Waals surface area contributed by atoms with Crippen molar-refractivity contribution in [3.63, 3.8) is 0 Å². The van der Waals surface area contributed by atoms with Crippen molar-refractivity contribution in [2.24, 2.45) is 0 Å². The Labute approximate surface area is 198 Å². The molecule has 3 aromatic rings. The fourth-order valence-corrected chi connectivity index (χ4v) is 4.49. The lowest BCUT2D eigenvalue weighted by molar-refractivity contribution is -0.138. The zero-order valence-electron chi connectivity index (χ0n) is 19.2. The van der Waals surface area contributed by atoms with Crippen LogP contribution < -0.4 is 4.74 Å². The predicted molar refractivity (Wildman–Crippen MR) is 129 cm³/mol. The minimum atomic E-state index is -3.22. The summed E-state index contributed by atoms with van der Waals surface area (Å²) in [6.45, 7) is 8.34. The van der Waals surface area contributed by atoms with Crippen molar-refractivity contribution >= 4 is 14.0 Å². The van der Waals surface area contributed by atoms with E-state index in [1.54, 1.807) is 12.1 Å². The van der Waals surface area contributed by atoms with Crippen LogP contribution in [0.5, 0.6) is 5.75 Å². The number of nitrogens with zero attached hydrogens (tertiary/aromatic N) is 1. The van der Waals surface area contributed by atoms with Crippen LogP contribution in [0.25, 0.3) is 22.4 Å². The first-order chi connectivity index (χ1) is 16.2. The van der Waals surface area contributed by atoms with Gasteiger partial charge >= 0.3 is 19.2 Å². The van der Waals surface area contributed by atoms with Crippen molar-refractivity contribution < 1.29 is 28.5 Å². The van der Waals surface area contributed by atoms with E-state index in [9.17, 15) is 23.7 Å². The van der Waals surface area contributed by atoms with E-state index in [1.807, 2.05) is 44.2 Å². The second kappa shape index (κ2) is 10.3. The Morgan fingerprint density at radius 1 is 1.21 bits per heavy atom. The van der Waals surface area contributed by atoms with E-state index in [0.717, 1.165) is 11.6 Å². The fraction of sp³-hybridized carbons (Fsp3) is 0.231. The molecule has 176 valence electrons. The van der Waals surface area contributed by atoms with Crippen LogP contribution in [0.2, 0.25) is 0 Å². The summed E-state index contributed by atoms with van der Waals surface area (Å²) in [5.41, 5.74) is 3.68. The van der Waals surface area contributed by atoms with Crippen molar-refractivity contribution in [3.05, 3.63) is 84.3 Å². The van der Waals surface area contributed by atoms with Gasteiger partial charge in [-0.2, -0.15) is 4.89 Å². The number of aromatic nitrogens is 1. The van der Waals surface area contributed by atoms with Gasteiger partial charge in [0.2, 0.25) is 0 Å². The highest BCUT2D eigenvalue weighted by Crippen LogP contribution is 2.44. The van der Waals surface area contributed by atoms with Crippen molar-refractivity contribution in [3.8, 4) is 28.1 Å². The summed E-state index contributed by atoms with van der Waals surface area (Å²) in [5.74, 6) is -1.47. The van der Waals surface area contributed by atoms with Gasteiger partial charge in [0.1, 0.15) is 11.9 Å². The average Bonchev–Trinajstić information content (AvgIpc) is 2.81. The molecule has 0 amide bonds. The number of hydrogen-bond acceptors (Lipinski definition) is 5. The molecule has 0 radical (unpaired) electrons. The quantitative estimate of drug-likeness (QED) is 0.255. The molecule has 2 aromatic carbocycles. The highest BCUT2D eigenvalue weighted by molar-refractivity contribution is 7.42. The lowest BCUT2D eigenvalue weighted by Gasteiger charge is -2.23. The minimum Gasteiger partial charge on any atom is -0.420 e. The zero-order chi connectivity index (χ0) is 25.0. The summed E-state index contributed by atoms with van der Waals surface area (Å²) in [6.07, 6.45) is -0.235. The zero-order valence-corrected chi connectivity index (χ0v) is 20.1. The molecule has 2 N–H and O–H groups in total. The number of aliphatic hydroxyl groups is 1. The summed E-state index contributed by atoms with van der Waals surface area (Å²) in [6, 6.07) is 15.2. The molecule has 3 unspecified atom stereocenters. The highest BCUT2D eigenvalue weighted by Gasteiger charge is 2.60. The number of aryl methyl sites for hydroxylation is 1. The van der Waals surface area contributed by atoms with Gasteiger partial charge in [-0.3, -0.25) is 0 Å². The Morgan fingerprint density at radius 2 is 1.82 bits per heavy atom. The molecule has 0 bridgehead atoms. The molecule has 0 saturated carbocycles. The first-order valence-corrected chi connectivity index (χ1v) is 11.9. The third kappa shape index (κ3) is 4.55. The van der Waals surface area contributed by atoms with Crippen LogP contribution >= 0.6 is 8.03 Å². The molecule has 1 aromatic heterocycles. The number of ether oxygens (including phenoxy) is 1. The number of benzene rings is 2. The Bertz CT molecular complexity index is 1230. The summed E-state index contributed by atoms with van der Waals surface area (Å²) >= 11 is 0. The fourth-order valence-electron chi connectivity index (χ4n) is 3.81. The number of carbonyl (C=O) groups excluding carboxylic acids is 1. The molecule has 6 nitrogen and oxygen atoms in total. The van der Waals surface area contributed by atoms with E-state index >= 15 is 0 Å². The number of pyridine rings is 1. The van der Waals surface area contributed by atoms with Crippen LogP contribution in [-0.2, 0) is 15.8 Å². The number of esters is 1. The molecule has 0 aliphatic rings. The van der Waals surface area contributed by atoms with Gasteiger partial charge in [-0.05, 0) is 54.2 Å². The van der Waals surface area contributed by atoms with Gasteiger partial charge in [0.25, 0.3) is 0 Å². The van der Waals surface area contributed by atoms with Crippen LogP contribution in [0.1, 0.15) is 25.1 Å². The summed E-state index contributed by atoms with van der Waals surface area (Å²) < 4.78 is 31.6. The molecular formula is C26H26FNO5P+. The Balaban J connectivity index is 2.30. The summed E-state index contributed by atoms with van der Waals surface area (Å²) in [7, 11) is -3.22. The van der Waals surface area contributed by atoms with Gasteiger partial charge in [0.15, 0.2) is 5.75 Å². The van der Waals surface area contributed by atoms with Crippen molar-refractivity contribution in [1.29, 1.82) is 0 Å². The second-order valence-corrected chi connectivity index (χ2v) is 9.12. The van der Waals surface area contributed by atoms with E-state index in [-0.39, 0.29) is 5.75 Å². The molecule has 8 heteroatoms. The van der Waals surface area contributed by atoms with E-state index in [2.05, 4.69) is 6.58 Å². The molecule has 0 spiro atoms. The maximum Gasteiger partial charge on any atom is 0.531 e. The number of aliphatic hydroxyl groups excluding tert-OH is 1. The van der Waals surface area contributed by atoms with Crippen molar-refractivity contribution in [2.75, 3.05) is 0 Å². The molecule has 3 atom stereocenters. The number of rotatable bonds is 8. The molecular weight excluding hydrogens is 456 g/mol. The van der Waals surface area contributed by atoms with Gasteiger partial charge in [0.05, 0.1) is 11.4 Å². The number of hydrogen-bond donors (Lipinski definition) is 2. The van der Waals surface area contributed by atoms with Crippen LogP contribution in [0.15, 0.2) is 67.3 Å². The molecule has 3 rings (SSSR count). The Kier molecular flexibility index (Phi) is 7.72. The summed E-state index contributed by atoms with van der Waals surface area (Å²) in [4.78, 5) is 27.9. The van der Waals surface area contributed by atoms with Crippen molar-refractivity contribution in [2.45, 2.75) is 38.5 Å². The molecule has 0 fully saturated rings. The van der Waals surface area contributed by atoms with Crippen LogP contribution in [-0.4, -0.2) is 32.2 Å². The van der Waals surface area contributed by atoms with Crippen LogP contribution in [0.3, 0.4) is 0 Å². The first-order valence-electron chi connectivity index (χ1n) is 10.7. The van der Waals surface area contributed by atoms with Gasteiger partial charge in [-0.15, -0.1) is 0 Å². The second-order valence-electron chi connectivity index (χ2n) is 7.83. The van der Waals surface area contributed by atoms with Gasteiger partial charge in [-0.1, -0.05) is 56.0 Å². The van der Waals surface area contributed by atoms with E-state index < -0.39 is 31.1 Å². The lowest BCUT2D eigenvalue weighted by Crippen LogP contribution is -2.46. The Hall–Kier alpha value is -3.25. The maximum atomic E-state index is 13.7. The average molecular weight is 482 g/mol. The molecule has 0 aliphatic heterocycles. The minimum absolute atomic E-state index is 0.0833. The molecule has 1 heterocycles. The summed E-state index contributed by atoms with van der Waals surface area (Å²) in [5, 5.41) is 7.97. The topological polar surface area (TPSA) is 96.7 Å². The van der Waals surface area contributed by atoms with Gasteiger partial charge < -0.3 is 9.84 Å². The monoisotopic (exact) mass is 482 g/mol. The largest absolute Gasteiger partial charge is 0.531 e. The van der Waals surface area contributed by atoms with Crippen LogP contribution in [0, 0.1) is 12.7 Å². The first kappa shape index (κ1) is 25.4. The molecule has 0 aliphatic carbocycles. The lowest BCUT2D eigenvalue weighted by atomic mass is 9.94. The number of carbonyl (C=O) groups is 1. The van der Waals surface area contributed by atoms with E-state index in [0.29, 0.717) is 34.5 Å². The van der Waals surface area contributed by atoms with Gasteiger partial charge in [-0.25, -0.2) is 14.2 Å². The maximum absolute atomic E-state index is 13.7. The Morgan fingerprint density at radius 3 is 2.32 bits per heavy atom. The highest BCUT2D eigenvalue weighted by atomic mass is 31.1. The van der Waals surface area contributed by atoms with Gasteiger partial charge in [0, 0.05) is 11.1 Å². The molecule has 0 saturated heterocycles. The smallest absolute Gasteiger partial charge is 0.420 e. The van der Waals surface area contributed by atoms with E-state index in [1.165, 1.54) is 19.1 Å². The van der Waals surface area contributed by atoms with Crippen molar-refractivity contribution in [1.82, 2.24) is 4.98 Å². The molecule has 34 heavy (non-hydrogen) atoms. The van der Waals surface area contributed by atoms with Crippen LogP contribution in [0.4, 0.5) is 4.39 Å². The predicted octanol–water partition coefficient (Wildman–Crippen LogP) is 5.37. The third-order valence-corrected chi connectivity index (χ3v) is 7.14. The SMILES string of the molecule is C=CC(C(=O)Oc1c(CC)nc(-c2ccccc2)c(C)c1-c1ccc(F)cc1)(C(C)O)[P+](=O)O. The normalized spacial score (nSPS) is 14.1.